The summed E-state index contributed by atoms with van der Waals surface area (Å²) in [7, 11) is 3.15. The minimum Gasteiger partial charge on any atom is -0.497 e. The number of nitrogens with zero attached hydrogens (tertiary/aromatic N) is 6. The lowest BCUT2D eigenvalue weighted by atomic mass is 10.2. The highest BCUT2D eigenvalue weighted by atomic mass is 16.5. The molecule has 2 aromatic carbocycles. The normalized spacial score (nSPS) is 14.3. The number of aromatic nitrogens is 4. The fourth-order valence-electron chi connectivity index (χ4n) is 3.47. The third-order valence-corrected chi connectivity index (χ3v) is 5.16. The van der Waals surface area contributed by atoms with Gasteiger partial charge < -0.3 is 19.7 Å². The number of nitrogens with one attached hydrogen (secondary N) is 1. The number of rotatable bonds is 6. The van der Waals surface area contributed by atoms with Crippen LogP contribution < -0.4 is 14.8 Å². The fourth-order valence-corrected chi connectivity index (χ4v) is 3.47. The van der Waals surface area contributed by atoms with Gasteiger partial charge in [-0.2, -0.15) is 4.68 Å². The quantitative estimate of drug-likeness (QED) is 0.648. The van der Waals surface area contributed by atoms with E-state index in [4.69, 9.17) is 9.47 Å². The van der Waals surface area contributed by atoms with Gasteiger partial charge in [-0.3, -0.25) is 4.90 Å². The standard InChI is InChI=1S/C21H25N7O3/c1-30-18-12-16(13-19(14-18)31-2)22-21(29)27-10-8-26(9-11-27)15-20-23-24-25-28(20)17-6-4-3-5-7-17/h3-7,12-14H,8-11,15H2,1-2H3,(H,22,29). The van der Waals surface area contributed by atoms with Gasteiger partial charge in [-0.15, -0.1) is 5.10 Å². The van der Waals surface area contributed by atoms with Crippen LogP contribution in [0.2, 0.25) is 0 Å². The lowest BCUT2D eigenvalue weighted by Gasteiger charge is -2.34. The maximum Gasteiger partial charge on any atom is 0.321 e. The number of benzene rings is 2. The second-order valence-electron chi connectivity index (χ2n) is 7.14. The van der Waals surface area contributed by atoms with E-state index in [1.54, 1.807) is 42.0 Å². The van der Waals surface area contributed by atoms with Crippen LogP contribution in [0.1, 0.15) is 5.82 Å². The molecule has 2 amide bonds. The Labute approximate surface area is 180 Å². The summed E-state index contributed by atoms with van der Waals surface area (Å²) in [5, 5.41) is 15.0. The topological polar surface area (TPSA) is 97.6 Å². The molecule has 10 heteroatoms. The van der Waals surface area contributed by atoms with Crippen molar-refractivity contribution in [1.82, 2.24) is 30.0 Å². The largest absolute Gasteiger partial charge is 0.497 e. The predicted octanol–water partition coefficient (Wildman–Crippen LogP) is 2.03. The first-order chi connectivity index (χ1) is 15.2. The summed E-state index contributed by atoms with van der Waals surface area (Å²) in [4.78, 5) is 16.7. The van der Waals surface area contributed by atoms with Crippen LogP contribution in [0.5, 0.6) is 11.5 Å². The van der Waals surface area contributed by atoms with Crippen LogP contribution in [0, 0.1) is 0 Å². The van der Waals surface area contributed by atoms with Gasteiger partial charge in [-0.25, -0.2) is 4.79 Å². The SMILES string of the molecule is COc1cc(NC(=O)N2CCN(Cc3nnnn3-c3ccccc3)CC2)cc(OC)c1. The summed E-state index contributed by atoms with van der Waals surface area (Å²) in [6.07, 6.45) is 0. The highest BCUT2D eigenvalue weighted by Crippen LogP contribution is 2.26. The Morgan fingerprint density at radius 2 is 1.68 bits per heavy atom. The Hall–Kier alpha value is -3.66. The minimum atomic E-state index is -0.149. The van der Waals surface area contributed by atoms with Crippen molar-refractivity contribution < 1.29 is 14.3 Å². The van der Waals surface area contributed by atoms with Crippen molar-refractivity contribution in [3.63, 3.8) is 0 Å². The summed E-state index contributed by atoms with van der Waals surface area (Å²) in [5.74, 6) is 2.01. The number of hydrogen-bond donors (Lipinski definition) is 1. The molecule has 0 saturated carbocycles. The maximum atomic E-state index is 12.7. The van der Waals surface area contributed by atoms with Crippen molar-refractivity contribution in [3.8, 4) is 17.2 Å². The smallest absolute Gasteiger partial charge is 0.321 e. The van der Waals surface area contributed by atoms with Crippen LogP contribution in [0.4, 0.5) is 10.5 Å². The average Bonchev–Trinajstić information content (AvgIpc) is 3.27. The van der Waals surface area contributed by atoms with E-state index in [9.17, 15) is 4.79 Å². The minimum absolute atomic E-state index is 0.149. The molecule has 0 atom stereocenters. The van der Waals surface area contributed by atoms with E-state index < -0.39 is 0 Å². The lowest BCUT2D eigenvalue weighted by molar-refractivity contribution is 0.140. The monoisotopic (exact) mass is 423 g/mol. The number of carbonyl (C=O) groups excluding carboxylic acids is 1. The first-order valence-corrected chi connectivity index (χ1v) is 10.0. The molecule has 1 aliphatic rings. The fraction of sp³-hybridized carbons (Fsp3) is 0.333. The molecule has 1 N–H and O–H groups in total. The molecule has 3 aromatic rings. The number of piperazine rings is 1. The zero-order valence-electron chi connectivity index (χ0n) is 17.6. The highest BCUT2D eigenvalue weighted by molar-refractivity contribution is 5.90. The summed E-state index contributed by atoms with van der Waals surface area (Å²) in [6.45, 7) is 3.30. The van der Waals surface area contributed by atoms with Gasteiger partial charge in [-0.1, -0.05) is 18.2 Å². The van der Waals surface area contributed by atoms with Crippen molar-refractivity contribution in [1.29, 1.82) is 0 Å². The molecule has 1 aliphatic heterocycles. The molecule has 2 heterocycles. The van der Waals surface area contributed by atoms with E-state index in [2.05, 4.69) is 25.7 Å². The summed E-state index contributed by atoms with van der Waals surface area (Å²) in [6, 6.07) is 14.9. The van der Waals surface area contributed by atoms with Gasteiger partial charge in [0.25, 0.3) is 0 Å². The number of carbonyl (C=O) groups is 1. The number of urea groups is 1. The molecule has 1 fully saturated rings. The molecular formula is C21H25N7O3. The van der Waals surface area contributed by atoms with E-state index in [1.807, 2.05) is 30.3 Å². The van der Waals surface area contributed by atoms with Crippen molar-refractivity contribution in [2.24, 2.45) is 0 Å². The van der Waals surface area contributed by atoms with Gasteiger partial charge in [0.05, 0.1) is 26.5 Å². The van der Waals surface area contributed by atoms with Gasteiger partial charge in [0.1, 0.15) is 11.5 Å². The first kappa shape index (κ1) is 20.6. The summed E-state index contributed by atoms with van der Waals surface area (Å²) in [5.41, 5.74) is 1.56. The molecule has 0 bridgehead atoms. The Balaban J connectivity index is 1.33. The number of anilines is 1. The number of hydrogen-bond acceptors (Lipinski definition) is 7. The second-order valence-corrected chi connectivity index (χ2v) is 7.14. The molecule has 0 unspecified atom stereocenters. The zero-order chi connectivity index (χ0) is 21.6. The van der Waals surface area contributed by atoms with Crippen LogP contribution in [-0.4, -0.2) is 76.4 Å². The number of ether oxygens (including phenoxy) is 2. The molecular weight excluding hydrogens is 398 g/mol. The van der Waals surface area contributed by atoms with Crippen LogP contribution in [0.15, 0.2) is 48.5 Å². The van der Waals surface area contributed by atoms with Crippen molar-refractivity contribution in [2.45, 2.75) is 6.54 Å². The number of amides is 2. The van der Waals surface area contributed by atoms with Crippen molar-refractivity contribution in [3.05, 3.63) is 54.4 Å². The molecule has 4 rings (SSSR count). The molecule has 162 valence electrons. The maximum absolute atomic E-state index is 12.7. The third-order valence-electron chi connectivity index (χ3n) is 5.16. The third kappa shape index (κ3) is 4.92. The van der Waals surface area contributed by atoms with E-state index >= 15 is 0 Å². The van der Waals surface area contributed by atoms with Crippen molar-refractivity contribution >= 4 is 11.7 Å². The molecule has 1 saturated heterocycles. The van der Waals surface area contributed by atoms with Gasteiger partial charge in [0, 0.05) is 50.1 Å². The number of methoxy groups -OCH3 is 2. The summed E-state index contributed by atoms with van der Waals surface area (Å²) < 4.78 is 12.3. The number of para-hydroxylation sites is 1. The number of tetrazole rings is 1. The Morgan fingerprint density at radius 1 is 1.00 bits per heavy atom. The molecule has 31 heavy (non-hydrogen) atoms. The van der Waals surface area contributed by atoms with E-state index in [1.165, 1.54) is 0 Å². The van der Waals surface area contributed by atoms with Gasteiger partial charge >= 0.3 is 6.03 Å². The molecule has 0 radical (unpaired) electrons. The second kappa shape index (κ2) is 9.43. The molecule has 1 aromatic heterocycles. The van der Waals surface area contributed by atoms with E-state index in [-0.39, 0.29) is 6.03 Å². The van der Waals surface area contributed by atoms with Crippen LogP contribution >= 0.6 is 0 Å². The Bertz CT molecular complexity index is 995. The van der Waals surface area contributed by atoms with E-state index in [0.717, 1.165) is 24.6 Å². The highest BCUT2D eigenvalue weighted by Gasteiger charge is 2.23. The van der Waals surface area contributed by atoms with Crippen LogP contribution in [0.3, 0.4) is 0 Å². The molecule has 10 nitrogen and oxygen atoms in total. The van der Waals surface area contributed by atoms with Crippen molar-refractivity contribution in [2.75, 3.05) is 45.7 Å². The molecule has 0 aliphatic carbocycles. The lowest BCUT2D eigenvalue weighted by Crippen LogP contribution is -2.49. The average molecular weight is 423 g/mol. The predicted molar refractivity (Wildman–Crippen MR) is 115 cm³/mol. The Kier molecular flexibility index (Phi) is 6.27. The van der Waals surface area contributed by atoms with E-state index in [0.29, 0.717) is 36.8 Å². The summed E-state index contributed by atoms with van der Waals surface area (Å²) >= 11 is 0. The zero-order valence-corrected chi connectivity index (χ0v) is 17.6. The van der Waals surface area contributed by atoms with Crippen LogP contribution in [-0.2, 0) is 6.54 Å². The van der Waals surface area contributed by atoms with Gasteiger partial charge in [0.15, 0.2) is 5.82 Å². The first-order valence-electron chi connectivity index (χ1n) is 10.0. The Morgan fingerprint density at radius 3 is 2.32 bits per heavy atom. The van der Waals surface area contributed by atoms with Crippen LogP contribution in [0.25, 0.3) is 5.69 Å². The molecule has 0 spiro atoms. The van der Waals surface area contributed by atoms with Gasteiger partial charge in [0.2, 0.25) is 0 Å². The van der Waals surface area contributed by atoms with Gasteiger partial charge in [-0.05, 0) is 22.6 Å².